The minimum absolute atomic E-state index is 0.107. The van der Waals surface area contributed by atoms with E-state index in [1.54, 1.807) is 0 Å². The van der Waals surface area contributed by atoms with Gasteiger partial charge in [-0.15, -0.1) is 23.2 Å². The van der Waals surface area contributed by atoms with E-state index >= 15 is 0 Å². The van der Waals surface area contributed by atoms with E-state index < -0.39 is 24.9 Å². The first kappa shape index (κ1) is 27.3. The minimum atomic E-state index is -2.22. The van der Waals surface area contributed by atoms with Crippen molar-refractivity contribution in [3.05, 3.63) is 35.4 Å². The molecule has 0 heterocycles. The van der Waals surface area contributed by atoms with Crippen LogP contribution in [0.25, 0.3) is 0 Å². The molecule has 1 rings (SSSR count). The first-order valence-electron chi connectivity index (χ1n) is 5.97. The molecule has 0 aromatic heterocycles. The molecule has 0 amide bonds. The summed E-state index contributed by atoms with van der Waals surface area (Å²) in [6, 6.07) is 5.32. The number of hydrogen-bond donors (Lipinski definition) is 0. The zero-order chi connectivity index (χ0) is 21.0. The second-order valence-corrected chi connectivity index (χ2v) is 15.1. The highest BCUT2D eigenvalue weighted by Gasteiger charge is 2.63. The van der Waals surface area contributed by atoms with Crippen LogP contribution in [-0.2, 0) is 9.75 Å². The normalized spacial score (nSPS) is 15.3. The molecule has 0 fully saturated rings. The number of halogens is 14. The largest absolute Gasteiger partial charge is 0.217 e. The van der Waals surface area contributed by atoms with Crippen LogP contribution in [0.1, 0.15) is 11.1 Å². The van der Waals surface area contributed by atoms with E-state index in [0.29, 0.717) is 0 Å². The van der Waals surface area contributed by atoms with Gasteiger partial charge in [-0.2, -0.15) is 0 Å². The van der Waals surface area contributed by atoms with Gasteiger partial charge in [0, 0.05) is 0 Å². The Hall–Kier alpha value is 3.28. The van der Waals surface area contributed by atoms with E-state index in [2.05, 4.69) is 0 Å². The topological polar surface area (TPSA) is 0 Å². The summed E-state index contributed by atoms with van der Waals surface area (Å²) in [5.41, 5.74) is 0.214. The molecule has 0 aliphatic carbocycles. The molecule has 26 heavy (non-hydrogen) atoms. The molecule has 0 saturated heterocycles. The smallest absolute Gasteiger partial charge is 0.105 e. The fraction of sp³-hybridized carbons (Fsp3) is 0.500. The van der Waals surface area contributed by atoms with Crippen LogP contribution in [0.4, 0.5) is 0 Å². The molecular weight excluding hydrogens is 640 g/mol. The van der Waals surface area contributed by atoms with Crippen molar-refractivity contribution in [3.63, 3.8) is 0 Å². The monoisotopic (exact) mass is 638 g/mol. The van der Waals surface area contributed by atoms with Gasteiger partial charge in [-0.05, 0) is 11.1 Å². The van der Waals surface area contributed by atoms with E-state index in [0.717, 1.165) is 0 Å². The maximum absolute atomic E-state index is 6.38. The lowest BCUT2D eigenvalue weighted by atomic mass is 9.95. The van der Waals surface area contributed by atoms with Gasteiger partial charge in [-0.1, -0.05) is 163 Å². The first-order chi connectivity index (χ1) is 11.2. The van der Waals surface area contributed by atoms with Crippen molar-refractivity contribution in [1.82, 2.24) is 0 Å². The average Bonchev–Trinajstić information content (AvgIpc) is 2.40. The highest BCUT2D eigenvalue weighted by Crippen LogP contribution is 2.63. The highest BCUT2D eigenvalue weighted by atomic mass is 35.6. The van der Waals surface area contributed by atoms with Crippen molar-refractivity contribution in [2.24, 2.45) is 0 Å². The molecule has 0 unspecified atom stereocenters. The summed E-state index contributed by atoms with van der Waals surface area (Å²) in [7, 11) is 0. The molecule has 0 aliphatic heterocycles. The van der Waals surface area contributed by atoms with Crippen molar-refractivity contribution < 1.29 is 0 Å². The highest BCUT2D eigenvalue weighted by molar-refractivity contribution is 6.78. The lowest BCUT2D eigenvalue weighted by Gasteiger charge is -2.41. The van der Waals surface area contributed by atoms with Gasteiger partial charge in [0.15, 0.2) is 9.75 Å². The van der Waals surface area contributed by atoms with Gasteiger partial charge in [0.05, 0.1) is 0 Å². The van der Waals surface area contributed by atoms with Crippen LogP contribution < -0.4 is 0 Å². The standard InChI is InChI=1S/C12H4Cl14/c13-7(9(15,16)17,10(18,19)20)5-1-2-6(4-3-5)8(14,11(21,22)23)12(24,25)26/h1-4H. The van der Waals surface area contributed by atoms with Crippen LogP contribution in [0.15, 0.2) is 24.3 Å². The van der Waals surface area contributed by atoms with Crippen LogP contribution in [0.5, 0.6) is 0 Å². The zero-order valence-electron chi connectivity index (χ0n) is 11.6. The lowest BCUT2D eigenvalue weighted by Crippen LogP contribution is -2.47. The third kappa shape index (κ3) is 5.02. The van der Waals surface area contributed by atoms with Gasteiger partial charge in [0.1, 0.15) is 0 Å². The maximum Gasteiger partial charge on any atom is 0.217 e. The van der Waals surface area contributed by atoms with Crippen molar-refractivity contribution in [1.29, 1.82) is 0 Å². The molecule has 0 N–H and O–H groups in total. The summed E-state index contributed by atoms with van der Waals surface area (Å²) < 4.78 is -8.87. The molecule has 0 bridgehead atoms. The Labute approximate surface area is 220 Å². The summed E-state index contributed by atoms with van der Waals surface area (Å²) in [5.74, 6) is 0. The van der Waals surface area contributed by atoms with E-state index in [1.165, 1.54) is 24.3 Å². The fourth-order valence-corrected chi connectivity index (χ4v) is 6.04. The summed E-state index contributed by atoms with van der Waals surface area (Å²) >= 11 is 83.9. The Bertz CT molecular complexity index is 541. The van der Waals surface area contributed by atoms with Gasteiger partial charge < -0.3 is 0 Å². The Morgan fingerprint density at radius 1 is 0.346 bits per heavy atom. The van der Waals surface area contributed by atoms with Crippen molar-refractivity contribution in [3.8, 4) is 0 Å². The van der Waals surface area contributed by atoms with Gasteiger partial charge >= 0.3 is 0 Å². The number of alkyl halides is 14. The fourth-order valence-electron chi connectivity index (χ4n) is 1.91. The molecule has 0 atom stereocenters. The number of rotatable bonds is 2. The molecule has 0 radical (unpaired) electrons. The predicted molar refractivity (Wildman–Crippen MR) is 123 cm³/mol. The predicted octanol–water partition coefficient (Wildman–Crippen LogP) is 10.0. The van der Waals surface area contributed by atoms with Crippen molar-refractivity contribution in [2.45, 2.75) is 24.9 Å². The first-order valence-corrected chi connectivity index (χ1v) is 11.3. The van der Waals surface area contributed by atoms with Gasteiger partial charge in [0.2, 0.25) is 15.2 Å². The second kappa shape index (κ2) is 8.67. The lowest BCUT2D eigenvalue weighted by molar-refractivity contribution is 0.625. The van der Waals surface area contributed by atoms with E-state index in [4.69, 9.17) is 162 Å². The molecule has 150 valence electrons. The van der Waals surface area contributed by atoms with Crippen molar-refractivity contribution >= 4 is 162 Å². The van der Waals surface area contributed by atoms with Crippen LogP contribution in [0.2, 0.25) is 0 Å². The average molecular weight is 645 g/mol. The minimum Gasteiger partial charge on any atom is -0.105 e. The third-order valence-corrected chi connectivity index (χ3v) is 9.38. The molecule has 0 spiro atoms. The summed E-state index contributed by atoms with van der Waals surface area (Å²) in [4.78, 5) is -4.16. The Morgan fingerprint density at radius 3 is 0.615 bits per heavy atom. The molecule has 1 aromatic rings. The SMILES string of the molecule is ClC(Cl)(Cl)C(Cl)(c1ccc(C(Cl)(C(Cl)(Cl)Cl)C(Cl)(Cl)Cl)cc1)C(Cl)(Cl)Cl. The quantitative estimate of drug-likeness (QED) is 0.281. The van der Waals surface area contributed by atoms with Gasteiger partial charge in [-0.25, -0.2) is 0 Å². The maximum atomic E-state index is 6.38. The van der Waals surface area contributed by atoms with Crippen molar-refractivity contribution in [2.75, 3.05) is 0 Å². The Morgan fingerprint density at radius 2 is 0.500 bits per heavy atom. The Kier molecular flexibility index (Phi) is 9.10. The summed E-state index contributed by atoms with van der Waals surface area (Å²) in [6.45, 7) is 0. The molecule has 0 nitrogen and oxygen atoms in total. The van der Waals surface area contributed by atoms with Crippen LogP contribution in [0.3, 0.4) is 0 Å². The molecule has 14 heteroatoms. The number of hydrogen-bond acceptors (Lipinski definition) is 0. The molecular formula is C12H4Cl14. The van der Waals surface area contributed by atoms with Gasteiger partial charge in [-0.3, -0.25) is 0 Å². The Balaban J connectivity index is 3.61. The second-order valence-electron chi connectivity index (χ2n) is 4.89. The van der Waals surface area contributed by atoms with Gasteiger partial charge in [0.25, 0.3) is 0 Å². The molecule has 0 saturated carbocycles. The van der Waals surface area contributed by atoms with E-state index in [1.807, 2.05) is 0 Å². The summed E-state index contributed by atoms with van der Waals surface area (Å²) in [6.07, 6.45) is 0. The molecule has 1 aromatic carbocycles. The zero-order valence-corrected chi connectivity index (χ0v) is 22.2. The third-order valence-electron chi connectivity index (χ3n) is 3.24. The molecule has 0 aliphatic rings. The van der Waals surface area contributed by atoms with E-state index in [-0.39, 0.29) is 11.1 Å². The number of benzene rings is 1. The van der Waals surface area contributed by atoms with Crippen LogP contribution in [-0.4, -0.2) is 15.2 Å². The van der Waals surface area contributed by atoms with E-state index in [9.17, 15) is 0 Å². The summed E-state index contributed by atoms with van der Waals surface area (Å²) in [5, 5.41) is 0. The van der Waals surface area contributed by atoms with Crippen LogP contribution in [0, 0.1) is 0 Å². The van der Waals surface area contributed by atoms with Crippen LogP contribution >= 0.6 is 162 Å².